The first-order valence-corrected chi connectivity index (χ1v) is 1.95. The van der Waals surface area contributed by atoms with E-state index in [2.05, 4.69) is 22.4 Å². The van der Waals surface area contributed by atoms with E-state index in [1.807, 2.05) is 5.92 Å². The summed E-state index contributed by atoms with van der Waals surface area (Å²) in [6.45, 7) is 0. The van der Waals surface area contributed by atoms with Gasteiger partial charge >= 0.3 is 0 Å². The third kappa shape index (κ3) is 4.00. The van der Waals surface area contributed by atoms with Crippen LogP contribution in [-0.2, 0) is 5.11 Å². The lowest BCUT2D eigenvalue weighted by Crippen LogP contribution is -1.80. The number of terminal acetylenes is 1. The highest BCUT2D eigenvalue weighted by molar-refractivity contribution is 9.09. The maximum absolute atomic E-state index is 9.58. The van der Waals surface area contributed by atoms with Crippen molar-refractivity contribution in [2.24, 2.45) is 0 Å². The molecule has 0 spiro atoms. The van der Waals surface area contributed by atoms with E-state index < -0.39 is 5.01 Å². The first kappa shape index (κ1) is 5.00. The van der Waals surface area contributed by atoms with Crippen LogP contribution >= 0.6 is 15.9 Å². The van der Waals surface area contributed by atoms with Gasteiger partial charge in [0, 0.05) is 0 Å². The monoisotopic (exact) mass is 133 g/mol. The number of alkyl halides is 1. The van der Waals surface area contributed by atoms with Gasteiger partial charge in [-0.3, -0.25) is 0 Å². The molecule has 0 amide bonds. The summed E-state index contributed by atoms with van der Waals surface area (Å²) in [7, 11) is 0. The third-order valence-corrected chi connectivity index (χ3v) is 0.395. The first-order chi connectivity index (χ1) is 2.27. The molecule has 1 radical (unpaired) electrons. The summed E-state index contributed by atoms with van der Waals surface area (Å²) in [6.07, 6.45) is 4.56. The highest BCUT2D eigenvalue weighted by Gasteiger charge is 1.82. The Morgan fingerprint density at radius 1 is 2.00 bits per heavy atom. The molecule has 0 rings (SSSR count). The predicted octanol–water partition coefficient (Wildman–Crippen LogP) is 0.771. The van der Waals surface area contributed by atoms with E-state index in [-0.39, 0.29) is 0 Å². The highest BCUT2D eigenvalue weighted by atomic mass is 79.9. The van der Waals surface area contributed by atoms with Gasteiger partial charge in [-0.25, -0.2) is 5.11 Å². The molecule has 0 saturated carbocycles. The number of halogens is 1. The van der Waals surface area contributed by atoms with Crippen LogP contribution in [0.3, 0.4) is 0 Å². The largest absolute Gasteiger partial charge is 0.207 e. The van der Waals surface area contributed by atoms with Crippen LogP contribution in [-0.4, -0.2) is 5.01 Å². The summed E-state index contributed by atoms with van der Waals surface area (Å²) in [5, 5.41) is 8.55. The second-order valence-electron chi connectivity index (χ2n) is 0.483. The van der Waals surface area contributed by atoms with Crippen LogP contribution in [0.2, 0.25) is 0 Å². The summed E-state index contributed by atoms with van der Waals surface area (Å²) in [4.78, 5) is 0. The fraction of sp³-hybridized carbons (Fsp3) is 0.333. The Morgan fingerprint density at radius 3 is 2.20 bits per heavy atom. The van der Waals surface area contributed by atoms with Crippen molar-refractivity contribution < 1.29 is 5.11 Å². The minimum Gasteiger partial charge on any atom is -0.206 e. The normalized spacial score (nSPS) is 13.0. The molecule has 0 aromatic rings. The quantitative estimate of drug-likeness (QED) is 0.344. The Labute approximate surface area is 39.1 Å². The topological polar surface area (TPSA) is 19.9 Å². The van der Waals surface area contributed by atoms with Crippen LogP contribution in [0.15, 0.2) is 0 Å². The van der Waals surface area contributed by atoms with Crippen molar-refractivity contribution in [1.82, 2.24) is 0 Å². The van der Waals surface area contributed by atoms with Crippen LogP contribution in [0.5, 0.6) is 0 Å². The van der Waals surface area contributed by atoms with Gasteiger partial charge in [0.05, 0.1) is 0 Å². The average molecular weight is 134 g/mol. The lowest BCUT2D eigenvalue weighted by molar-refractivity contribution is 0.215. The zero-order valence-corrected chi connectivity index (χ0v) is 4.03. The average Bonchev–Trinajstić information content (AvgIpc) is 1.38. The van der Waals surface area contributed by atoms with Gasteiger partial charge < -0.3 is 0 Å². The first-order valence-electron chi connectivity index (χ1n) is 1.03. The van der Waals surface area contributed by atoms with Gasteiger partial charge in [-0.1, -0.05) is 5.92 Å². The molecular weight excluding hydrogens is 132 g/mol. The van der Waals surface area contributed by atoms with Crippen LogP contribution in [0, 0.1) is 12.3 Å². The summed E-state index contributed by atoms with van der Waals surface area (Å²) in [5.74, 6) is 1.89. The van der Waals surface area contributed by atoms with Crippen molar-refractivity contribution >= 4 is 15.9 Å². The van der Waals surface area contributed by atoms with Gasteiger partial charge in [0.1, 0.15) is 0 Å². The highest BCUT2D eigenvalue weighted by Crippen LogP contribution is 1.87. The predicted molar refractivity (Wildman–Crippen MR) is 22.2 cm³/mol. The summed E-state index contributed by atoms with van der Waals surface area (Å²) < 4.78 is 0. The Kier molecular flexibility index (Phi) is 2.25. The molecule has 0 bridgehead atoms. The number of rotatable bonds is 0. The van der Waals surface area contributed by atoms with Crippen LogP contribution < -0.4 is 0 Å². The second-order valence-corrected chi connectivity index (χ2v) is 1.31. The van der Waals surface area contributed by atoms with Crippen molar-refractivity contribution in [3.63, 3.8) is 0 Å². The summed E-state index contributed by atoms with van der Waals surface area (Å²) in [6, 6.07) is 0. The molecule has 1 nitrogen and oxygen atoms in total. The molecule has 0 fully saturated rings. The van der Waals surface area contributed by atoms with Gasteiger partial charge in [0.2, 0.25) is 5.01 Å². The molecule has 0 N–H and O–H groups in total. The molecule has 0 aliphatic carbocycles. The molecule has 0 saturated heterocycles. The third-order valence-electron chi connectivity index (χ3n) is 0.131. The number of hydrogen-bond donors (Lipinski definition) is 0. The van der Waals surface area contributed by atoms with E-state index in [0.29, 0.717) is 0 Å². The minimum absolute atomic E-state index is 1.03. The Bertz CT molecular complexity index is 52.4. The van der Waals surface area contributed by atoms with Crippen molar-refractivity contribution in [1.29, 1.82) is 0 Å². The molecule has 0 aliphatic rings. The zero-order chi connectivity index (χ0) is 4.28. The van der Waals surface area contributed by atoms with E-state index >= 15 is 0 Å². The Hall–Kier alpha value is 0. The fourth-order valence-corrected chi connectivity index (χ4v) is 0. The van der Waals surface area contributed by atoms with Crippen molar-refractivity contribution in [2.45, 2.75) is 5.01 Å². The van der Waals surface area contributed by atoms with Crippen LogP contribution in [0.25, 0.3) is 0 Å². The molecule has 0 aromatic carbocycles. The van der Waals surface area contributed by atoms with Gasteiger partial charge in [0.25, 0.3) is 0 Å². The molecule has 1 atom stereocenters. The molecule has 0 heterocycles. The summed E-state index contributed by atoms with van der Waals surface area (Å²) >= 11 is 2.58. The zero-order valence-electron chi connectivity index (χ0n) is 2.44. The SMILES string of the molecule is C#CC([O])Br. The molecule has 1 unspecified atom stereocenters. The smallest absolute Gasteiger partial charge is 0.206 e. The van der Waals surface area contributed by atoms with Crippen LogP contribution in [0.1, 0.15) is 0 Å². The second kappa shape index (κ2) is 2.25. The van der Waals surface area contributed by atoms with Gasteiger partial charge in [-0.2, -0.15) is 0 Å². The van der Waals surface area contributed by atoms with E-state index in [9.17, 15) is 5.11 Å². The molecule has 2 heteroatoms. The minimum atomic E-state index is -1.03. The van der Waals surface area contributed by atoms with Gasteiger partial charge in [-0.05, 0) is 15.9 Å². The van der Waals surface area contributed by atoms with Crippen molar-refractivity contribution in [2.75, 3.05) is 0 Å². The maximum Gasteiger partial charge on any atom is 0.207 e. The maximum atomic E-state index is 9.58. The van der Waals surface area contributed by atoms with Gasteiger partial charge in [0.15, 0.2) is 0 Å². The van der Waals surface area contributed by atoms with Crippen molar-refractivity contribution in [3.05, 3.63) is 0 Å². The molecular formula is C3H2BrO. The lowest BCUT2D eigenvalue weighted by atomic mass is 10.8. The lowest BCUT2D eigenvalue weighted by Gasteiger charge is -1.73. The van der Waals surface area contributed by atoms with E-state index in [4.69, 9.17) is 0 Å². The molecule has 0 aliphatic heterocycles. The summed E-state index contributed by atoms with van der Waals surface area (Å²) in [5.41, 5.74) is 0. The Morgan fingerprint density at radius 2 is 2.20 bits per heavy atom. The Balaban J connectivity index is 2.94. The van der Waals surface area contributed by atoms with Crippen LogP contribution in [0.4, 0.5) is 0 Å². The van der Waals surface area contributed by atoms with Crippen molar-refractivity contribution in [3.8, 4) is 12.3 Å². The number of hydrogen-bond acceptors (Lipinski definition) is 0. The molecule has 27 valence electrons. The van der Waals surface area contributed by atoms with E-state index in [1.54, 1.807) is 0 Å². The standard InChI is InChI=1S/C3H2BrO/c1-2-3(4)5/h1,3H. The van der Waals surface area contributed by atoms with Gasteiger partial charge in [-0.15, -0.1) is 6.42 Å². The van der Waals surface area contributed by atoms with E-state index in [0.717, 1.165) is 0 Å². The van der Waals surface area contributed by atoms with E-state index in [1.165, 1.54) is 0 Å². The molecule has 0 aromatic heterocycles. The fourth-order valence-electron chi connectivity index (χ4n) is 0. The molecule has 5 heavy (non-hydrogen) atoms.